The van der Waals surface area contributed by atoms with Gasteiger partial charge in [0.2, 0.25) is 0 Å². The van der Waals surface area contributed by atoms with Gasteiger partial charge in [0, 0.05) is 6.04 Å². The van der Waals surface area contributed by atoms with Crippen LogP contribution in [0.15, 0.2) is 18.2 Å². The van der Waals surface area contributed by atoms with Gasteiger partial charge in [0.25, 0.3) is 0 Å². The molecule has 0 aliphatic heterocycles. The Morgan fingerprint density at radius 2 is 1.94 bits per heavy atom. The average molecular weight is 217 g/mol. The van der Waals surface area contributed by atoms with Gasteiger partial charge in [-0.15, -0.1) is 0 Å². The van der Waals surface area contributed by atoms with Gasteiger partial charge < -0.3 is 5.73 Å². The molecule has 0 heterocycles. The van der Waals surface area contributed by atoms with Crippen LogP contribution in [0.2, 0.25) is 0 Å². The van der Waals surface area contributed by atoms with Crippen LogP contribution in [0.5, 0.6) is 0 Å². The van der Waals surface area contributed by atoms with Crippen molar-refractivity contribution in [3.05, 3.63) is 34.9 Å². The van der Waals surface area contributed by atoms with Crippen LogP contribution in [-0.4, -0.2) is 6.04 Å². The molecular formula is C15H23N. The molecular weight excluding hydrogens is 194 g/mol. The zero-order valence-corrected chi connectivity index (χ0v) is 10.5. The van der Waals surface area contributed by atoms with E-state index in [1.165, 1.54) is 24.8 Å². The van der Waals surface area contributed by atoms with Crippen molar-refractivity contribution in [2.24, 2.45) is 11.7 Å². The zero-order chi connectivity index (χ0) is 11.5. The van der Waals surface area contributed by atoms with Crippen molar-refractivity contribution in [3.63, 3.8) is 0 Å². The SMILES string of the molecule is CC(C)C(N)CCc1ccc2c(c1)CCC2. The van der Waals surface area contributed by atoms with Gasteiger partial charge in [0.1, 0.15) is 0 Å². The summed E-state index contributed by atoms with van der Waals surface area (Å²) in [6.07, 6.45) is 6.13. The van der Waals surface area contributed by atoms with E-state index in [1.807, 2.05) is 0 Å². The molecule has 1 nitrogen and oxygen atoms in total. The molecule has 1 aromatic carbocycles. The minimum atomic E-state index is 0.341. The summed E-state index contributed by atoms with van der Waals surface area (Å²) in [6.45, 7) is 4.40. The Morgan fingerprint density at radius 3 is 2.69 bits per heavy atom. The zero-order valence-electron chi connectivity index (χ0n) is 10.5. The van der Waals surface area contributed by atoms with E-state index in [4.69, 9.17) is 5.73 Å². The number of rotatable bonds is 4. The molecule has 2 N–H and O–H groups in total. The van der Waals surface area contributed by atoms with Crippen molar-refractivity contribution in [1.29, 1.82) is 0 Å². The molecule has 88 valence electrons. The van der Waals surface area contributed by atoms with Crippen LogP contribution in [-0.2, 0) is 19.3 Å². The third-order valence-electron chi connectivity index (χ3n) is 3.79. The van der Waals surface area contributed by atoms with Gasteiger partial charge in [-0.05, 0) is 54.7 Å². The summed E-state index contributed by atoms with van der Waals surface area (Å²) >= 11 is 0. The molecule has 0 radical (unpaired) electrons. The third kappa shape index (κ3) is 2.65. The van der Waals surface area contributed by atoms with Gasteiger partial charge >= 0.3 is 0 Å². The van der Waals surface area contributed by atoms with Crippen molar-refractivity contribution >= 4 is 0 Å². The molecule has 0 spiro atoms. The second-order valence-corrected chi connectivity index (χ2v) is 5.40. The van der Waals surface area contributed by atoms with Gasteiger partial charge in [-0.2, -0.15) is 0 Å². The summed E-state index contributed by atoms with van der Waals surface area (Å²) < 4.78 is 0. The first-order valence-electron chi connectivity index (χ1n) is 6.53. The molecule has 0 amide bonds. The number of nitrogens with two attached hydrogens (primary N) is 1. The van der Waals surface area contributed by atoms with E-state index >= 15 is 0 Å². The number of fused-ring (bicyclic) bond motifs is 1. The molecule has 2 rings (SSSR count). The third-order valence-corrected chi connectivity index (χ3v) is 3.79. The van der Waals surface area contributed by atoms with E-state index in [9.17, 15) is 0 Å². The summed E-state index contributed by atoms with van der Waals surface area (Å²) in [5.41, 5.74) is 10.7. The Kier molecular flexibility index (Phi) is 3.65. The fourth-order valence-electron chi connectivity index (χ4n) is 2.45. The average Bonchev–Trinajstić information content (AvgIpc) is 2.72. The lowest BCUT2D eigenvalue weighted by Gasteiger charge is -2.15. The number of aryl methyl sites for hydroxylation is 3. The Labute approximate surface area is 99.0 Å². The quantitative estimate of drug-likeness (QED) is 0.824. The normalized spacial score (nSPS) is 16.5. The van der Waals surface area contributed by atoms with Gasteiger partial charge in [-0.1, -0.05) is 32.0 Å². The van der Waals surface area contributed by atoms with E-state index in [2.05, 4.69) is 32.0 Å². The highest BCUT2D eigenvalue weighted by atomic mass is 14.6. The number of benzene rings is 1. The molecule has 1 aromatic rings. The maximum Gasteiger partial charge on any atom is 0.00650 e. The molecule has 16 heavy (non-hydrogen) atoms. The Bertz CT molecular complexity index is 354. The second kappa shape index (κ2) is 5.01. The lowest BCUT2D eigenvalue weighted by Crippen LogP contribution is -2.26. The first-order chi connectivity index (χ1) is 7.66. The van der Waals surface area contributed by atoms with Crippen LogP contribution in [0, 0.1) is 5.92 Å². The molecule has 1 aliphatic rings. The first kappa shape index (κ1) is 11.7. The van der Waals surface area contributed by atoms with Crippen molar-refractivity contribution < 1.29 is 0 Å². The van der Waals surface area contributed by atoms with Crippen LogP contribution in [0.25, 0.3) is 0 Å². The predicted molar refractivity (Wildman–Crippen MR) is 69.6 cm³/mol. The standard InChI is InChI=1S/C15H23N/c1-11(2)15(16)9-7-12-6-8-13-4-3-5-14(13)10-12/h6,8,10-11,15H,3-5,7,9,16H2,1-2H3. The molecule has 0 aromatic heterocycles. The Hall–Kier alpha value is -0.820. The van der Waals surface area contributed by atoms with Crippen molar-refractivity contribution in [2.45, 2.75) is 52.0 Å². The molecule has 0 saturated heterocycles. The van der Waals surface area contributed by atoms with E-state index in [-0.39, 0.29) is 0 Å². The van der Waals surface area contributed by atoms with Crippen molar-refractivity contribution in [3.8, 4) is 0 Å². The predicted octanol–water partition coefficient (Wildman–Crippen LogP) is 3.09. The van der Waals surface area contributed by atoms with Gasteiger partial charge in [-0.25, -0.2) is 0 Å². The molecule has 0 bridgehead atoms. The van der Waals surface area contributed by atoms with Crippen LogP contribution >= 0.6 is 0 Å². The number of hydrogen-bond acceptors (Lipinski definition) is 1. The van der Waals surface area contributed by atoms with Crippen LogP contribution in [0.4, 0.5) is 0 Å². The molecule has 1 atom stereocenters. The Morgan fingerprint density at radius 1 is 1.19 bits per heavy atom. The van der Waals surface area contributed by atoms with Crippen LogP contribution in [0.3, 0.4) is 0 Å². The van der Waals surface area contributed by atoms with Gasteiger partial charge in [-0.3, -0.25) is 0 Å². The largest absolute Gasteiger partial charge is 0.327 e. The molecule has 1 aliphatic carbocycles. The fraction of sp³-hybridized carbons (Fsp3) is 0.600. The highest BCUT2D eigenvalue weighted by Gasteiger charge is 2.12. The minimum Gasteiger partial charge on any atom is -0.327 e. The van der Waals surface area contributed by atoms with Crippen LogP contribution < -0.4 is 5.73 Å². The monoisotopic (exact) mass is 217 g/mol. The Balaban J connectivity index is 1.95. The fourth-order valence-corrected chi connectivity index (χ4v) is 2.45. The minimum absolute atomic E-state index is 0.341. The summed E-state index contributed by atoms with van der Waals surface area (Å²) in [4.78, 5) is 0. The van der Waals surface area contributed by atoms with E-state index in [0.29, 0.717) is 12.0 Å². The highest BCUT2D eigenvalue weighted by Crippen LogP contribution is 2.23. The van der Waals surface area contributed by atoms with Gasteiger partial charge in [0.05, 0.1) is 0 Å². The summed E-state index contributed by atoms with van der Waals surface area (Å²) in [6, 6.07) is 7.35. The second-order valence-electron chi connectivity index (χ2n) is 5.40. The van der Waals surface area contributed by atoms with E-state index in [0.717, 1.165) is 12.8 Å². The topological polar surface area (TPSA) is 26.0 Å². The van der Waals surface area contributed by atoms with E-state index in [1.54, 1.807) is 11.1 Å². The molecule has 0 saturated carbocycles. The van der Waals surface area contributed by atoms with Crippen molar-refractivity contribution in [1.82, 2.24) is 0 Å². The van der Waals surface area contributed by atoms with Crippen molar-refractivity contribution in [2.75, 3.05) is 0 Å². The lowest BCUT2D eigenvalue weighted by atomic mass is 9.96. The lowest BCUT2D eigenvalue weighted by molar-refractivity contribution is 0.464. The van der Waals surface area contributed by atoms with Crippen LogP contribution in [0.1, 0.15) is 43.4 Å². The summed E-state index contributed by atoms with van der Waals surface area (Å²) in [5.74, 6) is 0.592. The summed E-state index contributed by atoms with van der Waals surface area (Å²) in [5, 5.41) is 0. The smallest absolute Gasteiger partial charge is 0.00650 e. The number of hydrogen-bond donors (Lipinski definition) is 1. The molecule has 0 fully saturated rings. The molecule has 1 heteroatoms. The highest BCUT2D eigenvalue weighted by molar-refractivity contribution is 5.35. The maximum absolute atomic E-state index is 6.08. The first-order valence-corrected chi connectivity index (χ1v) is 6.53. The summed E-state index contributed by atoms with van der Waals surface area (Å²) in [7, 11) is 0. The molecule has 1 unspecified atom stereocenters. The maximum atomic E-state index is 6.08. The van der Waals surface area contributed by atoms with Gasteiger partial charge in [0.15, 0.2) is 0 Å². The van der Waals surface area contributed by atoms with E-state index < -0.39 is 0 Å².